The predicted molar refractivity (Wildman–Crippen MR) is 120 cm³/mol. The van der Waals surface area contributed by atoms with E-state index in [1.807, 2.05) is 18.2 Å². The van der Waals surface area contributed by atoms with Gasteiger partial charge in [-0.2, -0.15) is 0 Å². The number of halogens is 2. The predicted octanol–water partition coefficient (Wildman–Crippen LogP) is 5.61. The van der Waals surface area contributed by atoms with Crippen LogP contribution < -0.4 is 10.6 Å². The average Bonchev–Trinajstić information content (AvgIpc) is 2.79. The third-order valence-corrected chi connectivity index (χ3v) is 4.77. The van der Waals surface area contributed by atoms with Gasteiger partial charge in [-0.3, -0.25) is 4.79 Å². The number of hydrogen-bond donors (Lipinski definition) is 2. The highest BCUT2D eigenvalue weighted by Gasteiger charge is 2.08. The molecule has 3 aromatic carbocycles. The lowest BCUT2D eigenvalue weighted by Crippen LogP contribution is -2.22. The Bertz CT molecular complexity index is 1200. The molecule has 4 aromatic rings. The molecule has 0 bridgehead atoms. The summed E-state index contributed by atoms with van der Waals surface area (Å²) in [6.45, 7) is 0.403. The molecule has 0 spiro atoms. The SMILES string of the molecule is O=C(NCc1ccc(Cl)cc1)c1cccc(Nc2ccnc(-c3ccc(F)cc3)n2)c1. The Hall–Kier alpha value is -3.77. The van der Waals surface area contributed by atoms with Crippen LogP contribution in [0.4, 0.5) is 15.9 Å². The van der Waals surface area contributed by atoms with Gasteiger partial charge in [0.25, 0.3) is 5.91 Å². The smallest absolute Gasteiger partial charge is 0.251 e. The number of amides is 1. The molecular formula is C24H18ClFN4O. The van der Waals surface area contributed by atoms with Crippen molar-refractivity contribution < 1.29 is 9.18 Å². The molecule has 0 saturated carbocycles. The van der Waals surface area contributed by atoms with Crippen molar-refractivity contribution >= 4 is 29.0 Å². The molecule has 1 heterocycles. The van der Waals surface area contributed by atoms with Crippen molar-refractivity contribution in [1.29, 1.82) is 0 Å². The van der Waals surface area contributed by atoms with E-state index in [1.165, 1.54) is 12.1 Å². The lowest BCUT2D eigenvalue weighted by atomic mass is 10.1. The van der Waals surface area contributed by atoms with E-state index in [9.17, 15) is 9.18 Å². The number of benzene rings is 3. The summed E-state index contributed by atoms with van der Waals surface area (Å²) < 4.78 is 13.1. The van der Waals surface area contributed by atoms with Gasteiger partial charge in [-0.1, -0.05) is 29.8 Å². The Morgan fingerprint density at radius 3 is 2.52 bits per heavy atom. The van der Waals surface area contributed by atoms with Crippen LogP contribution in [0.15, 0.2) is 85.1 Å². The molecule has 154 valence electrons. The van der Waals surface area contributed by atoms with Gasteiger partial charge in [0.05, 0.1) is 0 Å². The minimum Gasteiger partial charge on any atom is -0.348 e. The maximum atomic E-state index is 13.1. The van der Waals surface area contributed by atoms with E-state index in [0.29, 0.717) is 40.0 Å². The summed E-state index contributed by atoms with van der Waals surface area (Å²) in [6, 6.07) is 22.1. The molecule has 7 heteroatoms. The van der Waals surface area contributed by atoms with Gasteiger partial charge in [0.1, 0.15) is 11.6 Å². The van der Waals surface area contributed by atoms with Gasteiger partial charge in [-0.05, 0) is 66.2 Å². The second-order valence-corrected chi connectivity index (χ2v) is 7.22. The van der Waals surface area contributed by atoms with E-state index in [2.05, 4.69) is 20.6 Å². The first-order chi connectivity index (χ1) is 15.1. The van der Waals surface area contributed by atoms with Crippen LogP contribution in [0.25, 0.3) is 11.4 Å². The van der Waals surface area contributed by atoms with Gasteiger partial charge in [0, 0.05) is 34.6 Å². The number of carbonyl (C=O) groups excluding carboxylic acids is 1. The van der Waals surface area contributed by atoms with Crippen molar-refractivity contribution in [2.75, 3.05) is 5.32 Å². The van der Waals surface area contributed by atoms with E-state index in [1.54, 1.807) is 54.7 Å². The van der Waals surface area contributed by atoms with Crippen molar-refractivity contribution in [1.82, 2.24) is 15.3 Å². The summed E-state index contributed by atoms with van der Waals surface area (Å²) in [7, 11) is 0. The van der Waals surface area contributed by atoms with Crippen LogP contribution in [0.2, 0.25) is 5.02 Å². The molecule has 0 aliphatic heterocycles. The van der Waals surface area contributed by atoms with Crippen molar-refractivity contribution in [3.8, 4) is 11.4 Å². The molecule has 0 radical (unpaired) electrons. The maximum absolute atomic E-state index is 13.1. The minimum absolute atomic E-state index is 0.187. The second kappa shape index (κ2) is 9.36. The summed E-state index contributed by atoms with van der Waals surface area (Å²) in [6.07, 6.45) is 1.62. The third kappa shape index (κ3) is 5.43. The number of rotatable bonds is 6. The Labute approximate surface area is 184 Å². The normalized spacial score (nSPS) is 10.5. The van der Waals surface area contributed by atoms with Gasteiger partial charge in [0.2, 0.25) is 0 Å². The van der Waals surface area contributed by atoms with Crippen LogP contribution in [0, 0.1) is 5.82 Å². The molecule has 0 fully saturated rings. The van der Waals surface area contributed by atoms with Gasteiger partial charge >= 0.3 is 0 Å². The molecule has 0 aliphatic carbocycles. The number of hydrogen-bond acceptors (Lipinski definition) is 4. The van der Waals surface area contributed by atoms with Crippen molar-refractivity contribution in [2.24, 2.45) is 0 Å². The van der Waals surface area contributed by atoms with Crippen LogP contribution in [-0.4, -0.2) is 15.9 Å². The lowest BCUT2D eigenvalue weighted by Gasteiger charge is -2.10. The molecule has 5 nitrogen and oxygen atoms in total. The monoisotopic (exact) mass is 432 g/mol. The fraction of sp³-hybridized carbons (Fsp3) is 0.0417. The minimum atomic E-state index is -0.316. The van der Waals surface area contributed by atoms with Crippen LogP contribution in [0.5, 0.6) is 0 Å². The molecule has 1 aromatic heterocycles. The molecular weight excluding hydrogens is 415 g/mol. The van der Waals surface area contributed by atoms with Crippen molar-refractivity contribution in [3.05, 3.63) is 107 Å². The first-order valence-electron chi connectivity index (χ1n) is 9.55. The maximum Gasteiger partial charge on any atom is 0.251 e. The number of nitrogens with zero attached hydrogens (tertiary/aromatic N) is 2. The number of nitrogens with one attached hydrogen (secondary N) is 2. The van der Waals surface area contributed by atoms with Crippen LogP contribution in [-0.2, 0) is 6.54 Å². The van der Waals surface area contributed by atoms with Gasteiger partial charge < -0.3 is 10.6 Å². The lowest BCUT2D eigenvalue weighted by molar-refractivity contribution is 0.0951. The average molecular weight is 433 g/mol. The summed E-state index contributed by atoms with van der Waals surface area (Å²) in [4.78, 5) is 21.2. The Morgan fingerprint density at radius 1 is 0.968 bits per heavy atom. The van der Waals surface area contributed by atoms with Crippen LogP contribution in [0.1, 0.15) is 15.9 Å². The summed E-state index contributed by atoms with van der Waals surface area (Å²) in [5, 5.41) is 6.73. The molecule has 2 N–H and O–H groups in total. The first-order valence-corrected chi connectivity index (χ1v) is 9.93. The molecule has 4 rings (SSSR count). The third-order valence-electron chi connectivity index (χ3n) is 4.52. The first kappa shape index (κ1) is 20.5. The number of carbonyl (C=O) groups is 1. The second-order valence-electron chi connectivity index (χ2n) is 6.79. The molecule has 0 saturated heterocycles. The number of aromatic nitrogens is 2. The standard InChI is InChI=1S/C24H18ClFN4O/c25-19-8-4-16(5-9-19)15-28-24(31)18-2-1-3-21(14-18)29-22-12-13-27-23(30-22)17-6-10-20(26)11-7-17/h1-14H,15H2,(H,28,31)(H,27,29,30). The highest BCUT2D eigenvalue weighted by Crippen LogP contribution is 2.20. The largest absolute Gasteiger partial charge is 0.348 e. The van der Waals surface area contributed by atoms with Crippen molar-refractivity contribution in [3.63, 3.8) is 0 Å². The van der Waals surface area contributed by atoms with E-state index >= 15 is 0 Å². The van der Waals surface area contributed by atoms with E-state index in [4.69, 9.17) is 11.6 Å². The van der Waals surface area contributed by atoms with Crippen LogP contribution in [0.3, 0.4) is 0 Å². The summed E-state index contributed by atoms with van der Waals surface area (Å²) in [5.41, 5.74) is 2.90. The Morgan fingerprint density at radius 2 is 1.74 bits per heavy atom. The number of anilines is 2. The highest BCUT2D eigenvalue weighted by atomic mass is 35.5. The quantitative estimate of drug-likeness (QED) is 0.415. The van der Waals surface area contributed by atoms with Gasteiger partial charge in [-0.15, -0.1) is 0 Å². The summed E-state index contributed by atoms with van der Waals surface area (Å²) >= 11 is 5.89. The van der Waals surface area contributed by atoms with Crippen molar-refractivity contribution in [2.45, 2.75) is 6.54 Å². The highest BCUT2D eigenvalue weighted by molar-refractivity contribution is 6.30. The Kier molecular flexibility index (Phi) is 6.19. The van der Waals surface area contributed by atoms with Gasteiger partial charge in [-0.25, -0.2) is 14.4 Å². The molecule has 0 unspecified atom stereocenters. The zero-order valence-electron chi connectivity index (χ0n) is 16.3. The fourth-order valence-corrected chi connectivity index (χ4v) is 3.07. The molecule has 0 atom stereocenters. The summed E-state index contributed by atoms with van der Waals surface area (Å²) in [5.74, 6) is 0.535. The molecule has 0 aliphatic rings. The van der Waals surface area contributed by atoms with E-state index in [0.717, 1.165) is 5.56 Å². The molecule has 1 amide bonds. The zero-order valence-corrected chi connectivity index (χ0v) is 17.1. The zero-order chi connectivity index (χ0) is 21.6. The van der Waals surface area contributed by atoms with E-state index in [-0.39, 0.29) is 11.7 Å². The fourth-order valence-electron chi connectivity index (χ4n) is 2.94. The topological polar surface area (TPSA) is 66.9 Å². The van der Waals surface area contributed by atoms with Crippen LogP contribution >= 0.6 is 11.6 Å². The molecule has 31 heavy (non-hydrogen) atoms. The van der Waals surface area contributed by atoms with Gasteiger partial charge in [0.15, 0.2) is 5.82 Å². The Balaban J connectivity index is 1.44. The van der Waals surface area contributed by atoms with E-state index < -0.39 is 0 Å².